The van der Waals surface area contributed by atoms with Gasteiger partial charge in [-0.3, -0.25) is 4.79 Å². The van der Waals surface area contributed by atoms with Crippen molar-refractivity contribution >= 4 is 33.6 Å². The van der Waals surface area contributed by atoms with Crippen molar-refractivity contribution in [1.82, 2.24) is 9.97 Å². The Morgan fingerprint density at radius 2 is 2.38 bits per heavy atom. The van der Waals surface area contributed by atoms with Gasteiger partial charge in [0.2, 0.25) is 11.9 Å². The third-order valence-corrected chi connectivity index (χ3v) is 2.13. The summed E-state index contributed by atoms with van der Waals surface area (Å²) in [6, 6.07) is 0. The van der Waals surface area contributed by atoms with Crippen molar-refractivity contribution in [2.45, 2.75) is 0 Å². The van der Waals surface area contributed by atoms with Gasteiger partial charge in [0.1, 0.15) is 12.4 Å². The Balaban J connectivity index is 2.31. The number of nitrogens with zero attached hydrogens (tertiary/aromatic N) is 2. The van der Waals surface area contributed by atoms with Crippen molar-refractivity contribution in [3.63, 3.8) is 0 Å². The molecule has 0 fully saturated rings. The van der Waals surface area contributed by atoms with E-state index in [2.05, 4.69) is 31.2 Å². The quantitative estimate of drug-likeness (QED) is 0.621. The summed E-state index contributed by atoms with van der Waals surface area (Å²) in [7, 11) is 0. The van der Waals surface area contributed by atoms with Gasteiger partial charge in [-0.2, -0.15) is 4.98 Å². The minimum absolute atomic E-state index is 0.0885. The summed E-state index contributed by atoms with van der Waals surface area (Å²) in [5.74, 6) is 0.270. The number of aromatic nitrogens is 2. The molecule has 0 bridgehead atoms. The van der Waals surface area contributed by atoms with E-state index >= 15 is 0 Å². The molecule has 1 aromatic rings. The Kier molecular flexibility index (Phi) is 4.93. The fraction of sp³-hybridized carbons (Fsp3) is 0.375. The first kappa shape index (κ1) is 12.7. The largest absolute Gasteiger partial charge is 0.370 e. The molecule has 0 spiro atoms. The van der Waals surface area contributed by atoms with E-state index in [0.717, 1.165) is 0 Å². The molecule has 1 amide bonds. The van der Waals surface area contributed by atoms with Crippen molar-refractivity contribution < 1.29 is 9.53 Å². The summed E-state index contributed by atoms with van der Waals surface area (Å²) in [5, 5.41) is 2.97. The highest BCUT2D eigenvalue weighted by Gasteiger charge is 2.02. The molecule has 1 rings (SSSR count). The van der Waals surface area contributed by atoms with Crippen molar-refractivity contribution in [2.24, 2.45) is 5.73 Å². The molecular formula is C8H12BrN5O2. The molecule has 0 aromatic carbocycles. The maximum atomic E-state index is 10.4. The summed E-state index contributed by atoms with van der Waals surface area (Å²) in [6.45, 7) is 0.746. The van der Waals surface area contributed by atoms with Crippen LogP contribution in [0, 0.1) is 0 Å². The molecule has 0 atom stereocenters. The molecule has 0 aliphatic carbocycles. The molecule has 5 N–H and O–H groups in total. The number of ether oxygens (including phenoxy) is 1. The highest BCUT2D eigenvalue weighted by molar-refractivity contribution is 9.10. The number of nitrogens with one attached hydrogen (secondary N) is 1. The minimum Gasteiger partial charge on any atom is -0.370 e. The van der Waals surface area contributed by atoms with Crippen LogP contribution in [0.1, 0.15) is 0 Å². The first-order chi connectivity index (χ1) is 7.59. The van der Waals surface area contributed by atoms with E-state index in [4.69, 9.17) is 16.2 Å². The van der Waals surface area contributed by atoms with E-state index in [9.17, 15) is 4.79 Å². The Morgan fingerprint density at radius 1 is 1.62 bits per heavy atom. The van der Waals surface area contributed by atoms with E-state index in [1.165, 1.54) is 0 Å². The van der Waals surface area contributed by atoms with Gasteiger partial charge in [-0.15, -0.1) is 0 Å². The van der Waals surface area contributed by atoms with Gasteiger partial charge < -0.3 is 21.5 Å². The molecule has 0 aliphatic heterocycles. The van der Waals surface area contributed by atoms with Crippen LogP contribution in [-0.4, -0.2) is 35.6 Å². The lowest BCUT2D eigenvalue weighted by molar-refractivity contribution is -0.122. The smallest absolute Gasteiger partial charge is 0.243 e. The van der Waals surface area contributed by atoms with Crippen LogP contribution >= 0.6 is 15.9 Å². The van der Waals surface area contributed by atoms with Crippen LogP contribution in [0.25, 0.3) is 0 Å². The van der Waals surface area contributed by atoms with Gasteiger partial charge in [-0.05, 0) is 15.9 Å². The summed E-state index contributed by atoms with van der Waals surface area (Å²) in [5.41, 5.74) is 10.3. The first-order valence-corrected chi connectivity index (χ1v) is 5.27. The molecule has 8 heteroatoms. The predicted molar refractivity (Wildman–Crippen MR) is 62.6 cm³/mol. The monoisotopic (exact) mass is 289 g/mol. The number of carbonyl (C=O) groups is 1. The van der Waals surface area contributed by atoms with Gasteiger partial charge in [-0.1, -0.05) is 0 Å². The van der Waals surface area contributed by atoms with E-state index in [1.807, 2.05) is 0 Å². The fourth-order valence-electron chi connectivity index (χ4n) is 0.919. The molecule has 88 valence electrons. The predicted octanol–water partition coefficient (Wildman–Crippen LogP) is -0.265. The Bertz CT molecular complexity index is 373. The number of primary amides is 1. The normalized spacial score (nSPS) is 10.1. The van der Waals surface area contributed by atoms with E-state index in [0.29, 0.717) is 23.4 Å². The molecule has 1 aromatic heterocycles. The average Bonchev–Trinajstić information content (AvgIpc) is 2.22. The molecule has 0 unspecified atom stereocenters. The number of carbonyl (C=O) groups excluding carboxylic acids is 1. The molecule has 7 nitrogen and oxygen atoms in total. The van der Waals surface area contributed by atoms with Gasteiger partial charge >= 0.3 is 0 Å². The second kappa shape index (κ2) is 6.23. The Labute approximate surface area is 101 Å². The van der Waals surface area contributed by atoms with Crippen LogP contribution in [0.3, 0.4) is 0 Å². The summed E-state index contributed by atoms with van der Waals surface area (Å²) < 4.78 is 5.67. The number of rotatable bonds is 6. The van der Waals surface area contributed by atoms with Crippen molar-refractivity contribution in [3.8, 4) is 0 Å². The van der Waals surface area contributed by atoms with Crippen LogP contribution in [0.5, 0.6) is 0 Å². The second-order valence-corrected chi connectivity index (χ2v) is 3.72. The molecule has 1 heterocycles. The third kappa shape index (κ3) is 4.41. The zero-order valence-electron chi connectivity index (χ0n) is 8.44. The van der Waals surface area contributed by atoms with Crippen LogP contribution in [0.2, 0.25) is 0 Å². The number of nitrogen functional groups attached to an aromatic ring is 1. The van der Waals surface area contributed by atoms with Crippen molar-refractivity contribution in [1.29, 1.82) is 0 Å². The van der Waals surface area contributed by atoms with Crippen molar-refractivity contribution in [3.05, 3.63) is 10.7 Å². The average molecular weight is 290 g/mol. The molecule has 16 heavy (non-hydrogen) atoms. The van der Waals surface area contributed by atoms with E-state index < -0.39 is 5.91 Å². The standard InChI is InChI=1S/C8H12BrN5O2/c9-5-3-13-8(11)14-7(5)12-1-2-16-4-6(10)15/h3H,1-2,4H2,(H2,10,15)(H3,11,12,13,14). The SMILES string of the molecule is NC(=O)COCCNc1nc(N)ncc1Br. The Hall–Kier alpha value is -1.41. The van der Waals surface area contributed by atoms with Gasteiger partial charge in [0, 0.05) is 12.7 Å². The van der Waals surface area contributed by atoms with Crippen LogP contribution in [0.15, 0.2) is 10.7 Å². The first-order valence-electron chi connectivity index (χ1n) is 4.47. The third-order valence-electron chi connectivity index (χ3n) is 1.55. The highest BCUT2D eigenvalue weighted by atomic mass is 79.9. The number of anilines is 2. The lowest BCUT2D eigenvalue weighted by atomic mass is 10.5. The number of hydrogen-bond acceptors (Lipinski definition) is 6. The van der Waals surface area contributed by atoms with E-state index in [-0.39, 0.29) is 12.6 Å². The molecule has 0 saturated heterocycles. The topological polar surface area (TPSA) is 116 Å². The zero-order chi connectivity index (χ0) is 12.0. The van der Waals surface area contributed by atoms with Gasteiger partial charge in [-0.25, -0.2) is 4.98 Å². The Morgan fingerprint density at radius 3 is 3.06 bits per heavy atom. The van der Waals surface area contributed by atoms with Gasteiger partial charge in [0.05, 0.1) is 11.1 Å². The zero-order valence-corrected chi connectivity index (χ0v) is 10.0. The summed E-state index contributed by atoms with van der Waals surface area (Å²) in [6.07, 6.45) is 1.55. The second-order valence-electron chi connectivity index (χ2n) is 2.87. The molecule has 0 saturated carbocycles. The maximum absolute atomic E-state index is 10.4. The van der Waals surface area contributed by atoms with Gasteiger partial charge in [0.15, 0.2) is 0 Å². The summed E-state index contributed by atoms with van der Waals surface area (Å²) in [4.78, 5) is 18.1. The number of hydrogen-bond donors (Lipinski definition) is 3. The fourth-order valence-corrected chi connectivity index (χ4v) is 1.25. The number of amides is 1. The lowest BCUT2D eigenvalue weighted by Gasteiger charge is -2.07. The van der Waals surface area contributed by atoms with E-state index in [1.54, 1.807) is 6.20 Å². The molecular weight excluding hydrogens is 278 g/mol. The number of halogens is 1. The molecule has 0 aliphatic rings. The number of nitrogens with two attached hydrogens (primary N) is 2. The van der Waals surface area contributed by atoms with Crippen LogP contribution in [-0.2, 0) is 9.53 Å². The summed E-state index contributed by atoms with van der Waals surface area (Å²) >= 11 is 3.26. The lowest BCUT2D eigenvalue weighted by Crippen LogP contribution is -2.20. The van der Waals surface area contributed by atoms with Crippen molar-refractivity contribution in [2.75, 3.05) is 30.8 Å². The highest BCUT2D eigenvalue weighted by Crippen LogP contribution is 2.18. The minimum atomic E-state index is -0.493. The van der Waals surface area contributed by atoms with Crippen LogP contribution < -0.4 is 16.8 Å². The molecule has 0 radical (unpaired) electrons. The van der Waals surface area contributed by atoms with Gasteiger partial charge in [0.25, 0.3) is 0 Å². The van der Waals surface area contributed by atoms with Crippen LogP contribution in [0.4, 0.5) is 11.8 Å². The maximum Gasteiger partial charge on any atom is 0.243 e.